The number of benzene rings is 1. The highest BCUT2D eigenvalue weighted by molar-refractivity contribution is 5.79. The van der Waals surface area contributed by atoms with Crippen molar-refractivity contribution in [1.29, 1.82) is 0 Å². The van der Waals surface area contributed by atoms with E-state index in [9.17, 15) is 4.79 Å². The van der Waals surface area contributed by atoms with Crippen LogP contribution >= 0.6 is 0 Å². The van der Waals surface area contributed by atoms with Crippen LogP contribution in [-0.2, 0) is 22.5 Å². The summed E-state index contributed by atoms with van der Waals surface area (Å²) in [5, 5.41) is 0. The van der Waals surface area contributed by atoms with E-state index >= 15 is 0 Å². The lowest BCUT2D eigenvalue weighted by atomic mass is 10.0. The lowest BCUT2D eigenvalue weighted by molar-refractivity contribution is -0.142. The first kappa shape index (κ1) is 14.0. The second-order valence-corrected chi connectivity index (χ2v) is 5.19. The monoisotopic (exact) mass is 262 g/mol. The van der Waals surface area contributed by atoms with Crippen LogP contribution in [0.4, 0.5) is 0 Å². The number of ether oxygens (including phenoxy) is 1. The van der Waals surface area contributed by atoms with Crippen molar-refractivity contribution >= 4 is 5.91 Å². The zero-order valence-corrected chi connectivity index (χ0v) is 11.6. The van der Waals surface area contributed by atoms with Gasteiger partial charge in [-0.3, -0.25) is 4.79 Å². The van der Waals surface area contributed by atoms with E-state index in [-0.39, 0.29) is 18.1 Å². The normalized spacial score (nSPS) is 23.4. The number of amides is 1. The Morgan fingerprint density at radius 3 is 2.74 bits per heavy atom. The van der Waals surface area contributed by atoms with Crippen LogP contribution < -0.4 is 5.73 Å². The van der Waals surface area contributed by atoms with Gasteiger partial charge < -0.3 is 15.4 Å². The van der Waals surface area contributed by atoms with Crippen molar-refractivity contribution in [1.82, 2.24) is 4.90 Å². The molecule has 0 bridgehead atoms. The van der Waals surface area contributed by atoms with Gasteiger partial charge in [0.15, 0.2) is 0 Å². The number of nitrogens with two attached hydrogens (primary N) is 1. The highest BCUT2D eigenvalue weighted by Crippen LogP contribution is 2.15. The molecule has 1 fully saturated rings. The van der Waals surface area contributed by atoms with Gasteiger partial charge in [-0.1, -0.05) is 24.3 Å². The van der Waals surface area contributed by atoms with Gasteiger partial charge in [-0.15, -0.1) is 0 Å². The Morgan fingerprint density at radius 1 is 1.37 bits per heavy atom. The zero-order chi connectivity index (χ0) is 13.8. The molecule has 0 aliphatic carbocycles. The summed E-state index contributed by atoms with van der Waals surface area (Å²) >= 11 is 0. The molecule has 2 N–H and O–H groups in total. The molecule has 1 aliphatic heterocycles. The number of rotatable bonds is 3. The number of hydrogen-bond acceptors (Lipinski definition) is 3. The summed E-state index contributed by atoms with van der Waals surface area (Å²) in [5.41, 5.74) is 7.78. The molecule has 1 aliphatic rings. The van der Waals surface area contributed by atoms with Crippen LogP contribution in [0.3, 0.4) is 0 Å². The average Bonchev–Trinajstić information content (AvgIpc) is 2.42. The number of morpholine rings is 1. The molecule has 0 spiro atoms. The van der Waals surface area contributed by atoms with Crippen LogP contribution in [0, 0.1) is 0 Å². The van der Waals surface area contributed by atoms with Crippen LogP contribution in [0.2, 0.25) is 0 Å². The smallest absolute Gasteiger partial charge is 0.227 e. The molecule has 0 radical (unpaired) electrons. The third kappa shape index (κ3) is 3.33. The van der Waals surface area contributed by atoms with Crippen molar-refractivity contribution in [2.24, 2.45) is 5.73 Å². The molecular weight excluding hydrogens is 240 g/mol. The van der Waals surface area contributed by atoms with Gasteiger partial charge in [-0.05, 0) is 25.0 Å². The molecule has 104 valence electrons. The van der Waals surface area contributed by atoms with Crippen LogP contribution in [-0.4, -0.2) is 36.1 Å². The predicted molar refractivity (Wildman–Crippen MR) is 74.6 cm³/mol. The predicted octanol–water partition coefficient (Wildman–Crippen LogP) is 1.32. The molecule has 0 aromatic heterocycles. The van der Waals surface area contributed by atoms with Gasteiger partial charge in [0.05, 0.1) is 25.2 Å². The number of hydrogen-bond donors (Lipinski definition) is 1. The standard InChI is InChI=1S/C15H22N2O2/c1-11-10-19-12(2)9-17(11)15(18)7-13-5-3-4-6-14(13)8-16/h3-6,11-12H,7-10,16H2,1-2H3. The third-order valence-electron chi connectivity index (χ3n) is 3.61. The number of carbonyl (C=O) groups is 1. The van der Waals surface area contributed by atoms with E-state index in [1.807, 2.05) is 43.0 Å². The molecule has 1 saturated heterocycles. The highest BCUT2D eigenvalue weighted by atomic mass is 16.5. The molecule has 19 heavy (non-hydrogen) atoms. The molecule has 2 atom stereocenters. The summed E-state index contributed by atoms with van der Waals surface area (Å²) in [7, 11) is 0. The Hall–Kier alpha value is -1.39. The minimum absolute atomic E-state index is 0.116. The van der Waals surface area contributed by atoms with E-state index in [4.69, 9.17) is 10.5 Å². The van der Waals surface area contributed by atoms with Gasteiger partial charge in [0.25, 0.3) is 0 Å². The summed E-state index contributed by atoms with van der Waals surface area (Å²) in [5.74, 6) is 0.156. The molecule has 4 nitrogen and oxygen atoms in total. The van der Waals surface area contributed by atoms with Gasteiger partial charge in [0, 0.05) is 13.1 Å². The van der Waals surface area contributed by atoms with E-state index < -0.39 is 0 Å². The molecule has 1 amide bonds. The van der Waals surface area contributed by atoms with Gasteiger partial charge in [0.2, 0.25) is 5.91 Å². The highest BCUT2D eigenvalue weighted by Gasteiger charge is 2.27. The fourth-order valence-corrected chi connectivity index (χ4v) is 2.44. The summed E-state index contributed by atoms with van der Waals surface area (Å²) in [6.45, 7) is 5.79. The summed E-state index contributed by atoms with van der Waals surface area (Å²) in [6, 6.07) is 8.01. The Morgan fingerprint density at radius 2 is 2.05 bits per heavy atom. The third-order valence-corrected chi connectivity index (χ3v) is 3.61. The second kappa shape index (κ2) is 6.17. The fraction of sp³-hybridized carbons (Fsp3) is 0.533. The van der Waals surface area contributed by atoms with Crippen molar-refractivity contribution < 1.29 is 9.53 Å². The minimum Gasteiger partial charge on any atom is -0.375 e. The van der Waals surface area contributed by atoms with Gasteiger partial charge >= 0.3 is 0 Å². The van der Waals surface area contributed by atoms with Crippen molar-refractivity contribution in [3.05, 3.63) is 35.4 Å². The molecule has 1 aromatic rings. The largest absolute Gasteiger partial charge is 0.375 e. The van der Waals surface area contributed by atoms with Crippen molar-refractivity contribution in [2.75, 3.05) is 13.2 Å². The van der Waals surface area contributed by atoms with Crippen molar-refractivity contribution in [3.63, 3.8) is 0 Å². The summed E-state index contributed by atoms with van der Waals surface area (Å²) < 4.78 is 5.55. The lowest BCUT2D eigenvalue weighted by Gasteiger charge is -2.37. The van der Waals surface area contributed by atoms with E-state index in [0.717, 1.165) is 11.1 Å². The van der Waals surface area contributed by atoms with Gasteiger partial charge in [-0.25, -0.2) is 0 Å². The maximum Gasteiger partial charge on any atom is 0.227 e. The molecule has 4 heteroatoms. The molecule has 0 saturated carbocycles. The van der Waals surface area contributed by atoms with E-state index in [1.54, 1.807) is 0 Å². The van der Waals surface area contributed by atoms with Crippen LogP contribution in [0.25, 0.3) is 0 Å². The van der Waals surface area contributed by atoms with Crippen LogP contribution in [0.5, 0.6) is 0 Å². The molecule has 2 rings (SSSR count). The quantitative estimate of drug-likeness (QED) is 0.894. The number of carbonyl (C=O) groups excluding carboxylic acids is 1. The van der Waals surface area contributed by atoms with Crippen molar-refractivity contribution in [2.45, 2.75) is 39.0 Å². The second-order valence-electron chi connectivity index (χ2n) is 5.19. The zero-order valence-electron chi connectivity index (χ0n) is 11.6. The Bertz CT molecular complexity index is 448. The molecular formula is C15H22N2O2. The molecule has 1 aromatic carbocycles. The maximum atomic E-state index is 12.4. The summed E-state index contributed by atoms with van der Waals surface area (Å²) in [4.78, 5) is 14.3. The van der Waals surface area contributed by atoms with Gasteiger partial charge in [-0.2, -0.15) is 0 Å². The first-order valence-corrected chi connectivity index (χ1v) is 6.79. The maximum absolute atomic E-state index is 12.4. The van der Waals surface area contributed by atoms with Crippen LogP contribution in [0.15, 0.2) is 24.3 Å². The van der Waals surface area contributed by atoms with E-state index in [1.165, 1.54) is 0 Å². The Balaban J connectivity index is 2.07. The van der Waals surface area contributed by atoms with Crippen LogP contribution in [0.1, 0.15) is 25.0 Å². The molecule has 2 unspecified atom stereocenters. The van der Waals surface area contributed by atoms with E-state index in [0.29, 0.717) is 26.1 Å². The summed E-state index contributed by atoms with van der Waals surface area (Å²) in [6.07, 6.45) is 0.537. The van der Waals surface area contributed by atoms with Gasteiger partial charge in [0.1, 0.15) is 0 Å². The average molecular weight is 262 g/mol. The van der Waals surface area contributed by atoms with E-state index in [2.05, 4.69) is 0 Å². The first-order valence-electron chi connectivity index (χ1n) is 6.79. The SMILES string of the molecule is CC1CN(C(=O)Cc2ccccc2CN)C(C)CO1. The molecule has 1 heterocycles. The minimum atomic E-state index is 0.116. The first-order chi connectivity index (χ1) is 9.11. The Kier molecular flexibility index (Phi) is 4.56. The Labute approximate surface area is 114 Å². The number of nitrogens with zero attached hydrogens (tertiary/aromatic N) is 1. The fourth-order valence-electron chi connectivity index (χ4n) is 2.44. The topological polar surface area (TPSA) is 55.6 Å². The van der Waals surface area contributed by atoms with Crippen molar-refractivity contribution in [3.8, 4) is 0 Å². The lowest BCUT2D eigenvalue weighted by Crippen LogP contribution is -2.50.